The predicted octanol–water partition coefficient (Wildman–Crippen LogP) is 9.83. The molecular weight excluding hydrogens is 581 g/mol. The summed E-state index contributed by atoms with van der Waals surface area (Å²) in [6, 6.07) is 54.2. The van der Waals surface area contributed by atoms with E-state index in [-0.39, 0.29) is 0 Å². The van der Waals surface area contributed by atoms with E-state index in [0.717, 1.165) is 76.2 Å². The average Bonchev–Trinajstić information content (AvgIpc) is 3.68. The van der Waals surface area contributed by atoms with Crippen molar-refractivity contribution >= 4 is 88.8 Å². The molecule has 4 nitrogen and oxygen atoms in total. The fraction of sp³-hybridized carbons (Fsp3) is 0. The molecule has 10 rings (SSSR count). The van der Waals surface area contributed by atoms with Crippen LogP contribution >= 0.6 is 7.29 Å². The van der Waals surface area contributed by atoms with Crippen LogP contribution in [-0.2, 0) is 4.57 Å². The number of hydrogen-bond acceptors (Lipinski definition) is 2. The summed E-state index contributed by atoms with van der Waals surface area (Å²) < 4.78 is 20.5. The lowest BCUT2D eigenvalue weighted by Gasteiger charge is -2.24. The van der Waals surface area contributed by atoms with Crippen LogP contribution in [0.3, 0.4) is 0 Å². The molecule has 0 N–H and O–H groups in total. The standard InChI is InChI=1S/C41H26N3OP/c45-46(28-12-2-1-3-13-28,44-37-19-9-5-14-31(37)32-15-6-10-20-38(32)44)29-23-25-30-27(26-29)22-24-34-33-16-4-8-18-36(33)43-39-21-11-7-17-35(39)42-41(43)40(30)34/h1-26H. The normalized spacial score (nSPS) is 13.5. The number of aromatic nitrogens is 3. The maximum absolute atomic E-state index is 16.1. The first kappa shape index (κ1) is 25.6. The van der Waals surface area contributed by atoms with Crippen molar-refractivity contribution in [2.45, 2.75) is 0 Å². The second kappa shape index (κ2) is 9.40. The molecule has 0 saturated heterocycles. The second-order valence-corrected chi connectivity index (χ2v) is 14.5. The van der Waals surface area contributed by atoms with Gasteiger partial charge in [0.05, 0.1) is 27.6 Å². The fourth-order valence-electron chi connectivity index (χ4n) is 7.52. The van der Waals surface area contributed by atoms with E-state index in [9.17, 15) is 0 Å². The molecule has 46 heavy (non-hydrogen) atoms. The summed E-state index contributed by atoms with van der Waals surface area (Å²) in [5, 5.41) is 9.36. The Morgan fingerprint density at radius 2 is 1.02 bits per heavy atom. The first-order chi connectivity index (χ1) is 22.7. The van der Waals surface area contributed by atoms with Gasteiger partial charge in [0.25, 0.3) is 0 Å². The van der Waals surface area contributed by atoms with Crippen LogP contribution in [0.5, 0.6) is 0 Å². The van der Waals surface area contributed by atoms with Gasteiger partial charge in [-0.05, 0) is 70.8 Å². The van der Waals surface area contributed by atoms with Crippen molar-refractivity contribution in [2.75, 3.05) is 0 Å². The molecule has 3 aromatic heterocycles. The molecule has 0 saturated carbocycles. The molecule has 0 bridgehead atoms. The molecule has 10 aromatic rings. The van der Waals surface area contributed by atoms with Crippen LogP contribution in [0.1, 0.15) is 0 Å². The lowest BCUT2D eigenvalue weighted by molar-refractivity contribution is 0.583. The largest absolute Gasteiger partial charge is 0.292 e. The zero-order valence-electron chi connectivity index (χ0n) is 24.7. The summed E-state index contributed by atoms with van der Waals surface area (Å²) >= 11 is 0. The lowest BCUT2D eigenvalue weighted by Crippen LogP contribution is -2.21. The molecular formula is C41H26N3OP. The Bertz CT molecular complexity index is 2850. The van der Waals surface area contributed by atoms with Gasteiger partial charge in [0, 0.05) is 32.2 Å². The first-order valence-corrected chi connectivity index (χ1v) is 17.2. The van der Waals surface area contributed by atoms with Crippen LogP contribution in [0, 0.1) is 0 Å². The van der Waals surface area contributed by atoms with Gasteiger partial charge in [0.15, 0.2) is 0 Å². The molecule has 5 heteroatoms. The van der Waals surface area contributed by atoms with Crippen molar-refractivity contribution in [3.05, 3.63) is 158 Å². The Kier molecular flexibility index (Phi) is 5.23. The molecule has 0 fully saturated rings. The molecule has 0 radical (unpaired) electrons. The van der Waals surface area contributed by atoms with Crippen LogP contribution < -0.4 is 10.6 Å². The summed E-state index contributed by atoms with van der Waals surface area (Å²) in [7, 11) is -3.40. The van der Waals surface area contributed by atoms with Gasteiger partial charge in [-0.1, -0.05) is 103 Å². The molecule has 0 aliphatic carbocycles. The smallest absolute Gasteiger partial charge is 0.234 e. The Labute approximate surface area is 264 Å². The Hall–Kier alpha value is -5.70. The van der Waals surface area contributed by atoms with E-state index < -0.39 is 7.29 Å². The SMILES string of the molecule is O=P(c1ccccc1)(c1ccc2c(ccc3c4ccccc4n4c5ccccc5nc4c23)c1)n1c2ccccc2c2ccccc21. The maximum Gasteiger partial charge on any atom is 0.234 e. The molecule has 0 aliphatic heterocycles. The minimum atomic E-state index is -3.40. The third-order valence-electron chi connectivity index (χ3n) is 9.52. The number of pyridine rings is 1. The molecule has 0 aliphatic rings. The Morgan fingerprint density at radius 3 is 1.74 bits per heavy atom. The first-order valence-electron chi connectivity index (χ1n) is 15.5. The van der Waals surface area contributed by atoms with Gasteiger partial charge in [0.2, 0.25) is 7.29 Å². The molecule has 3 heterocycles. The molecule has 0 amide bonds. The second-order valence-electron chi connectivity index (χ2n) is 11.9. The van der Waals surface area contributed by atoms with Crippen molar-refractivity contribution in [2.24, 2.45) is 0 Å². The summed E-state index contributed by atoms with van der Waals surface area (Å²) in [4.78, 5) is 5.18. The van der Waals surface area contributed by atoms with Gasteiger partial charge < -0.3 is 0 Å². The predicted molar refractivity (Wildman–Crippen MR) is 193 cm³/mol. The highest BCUT2D eigenvalue weighted by atomic mass is 31.2. The highest BCUT2D eigenvalue weighted by Gasteiger charge is 2.33. The van der Waals surface area contributed by atoms with E-state index >= 15 is 4.57 Å². The van der Waals surface area contributed by atoms with Crippen LogP contribution in [0.2, 0.25) is 0 Å². The minimum Gasteiger partial charge on any atom is -0.292 e. The van der Waals surface area contributed by atoms with E-state index in [1.807, 2.05) is 48.5 Å². The fourth-order valence-corrected chi connectivity index (χ4v) is 10.4. The van der Waals surface area contributed by atoms with Gasteiger partial charge in [-0.25, -0.2) is 4.98 Å². The van der Waals surface area contributed by atoms with Crippen molar-refractivity contribution in [3.8, 4) is 0 Å². The number of nitrogens with zero attached hydrogens (tertiary/aromatic N) is 3. The molecule has 1 atom stereocenters. The van der Waals surface area contributed by atoms with E-state index in [2.05, 4.69) is 118 Å². The van der Waals surface area contributed by atoms with E-state index in [4.69, 9.17) is 4.98 Å². The van der Waals surface area contributed by atoms with Gasteiger partial charge in [0.1, 0.15) is 5.65 Å². The van der Waals surface area contributed by atoms with Crippen LogP contribution in [0.4, 0.5) is 0 Å². The summed E-state index contributed by atoms with van der Waals surface area (Å²) in [6.07, 6.45) is 0. The third kappa shape index (κ3) is 3.34. The molecule has 7 aromatic carbocycles. The van der Waals surface area contributed by atoms with Crippen LogP contribution in [0.25, 0.3) is 70.9 Å². The third-order valence-corrected chi connectivity index (χ3v) is 12.5. The van der Waals surface area contributed by atoms with Gasteiger partial charge >= 0.3 is 0 Å². The zero-order chi connectivity index (χ0) is 30.4. The molecule has 1 unspecified atom stereocenters. The average molecular weight is 608 g/mol. The number of hydrogen-bond donors (Lipinski definition) is 0. The monoisotopic (exact) mass is 607 g/mol. The maximum atomic E-state index is 16.1. The van der Waals surface area contributed by atoms with Gasteiger partial charge in [-0.2, -0.15) is 0 Å². The minimum absolute atomic E-state index is 0.794. The quantitative estimate of drug-likeness (QED) is 0.148. The molecule has 216 valence electrons. The highest BCUT2D eigenvalue weighted by molar-refractivity contribution is 7.77. The Balaban J connectivity index is 1.33. The van der Waals surface area contributed by atoms with E-state index in [0.29, 0.717) is 0 Å². The summed E-state index contributed by atoms with van der Waals surface area (Å²) in [5.74, 6) is 0. The van der Waals surface area contributed by atoms with Crippen molar-refractivity contribution < 1.29 is 4.57 Å². The summed E-state index contributed by atoms with van der Waals surface area (Å²) in [5.41, 5.74) is 6.05. The number of imidazole rings is 1. The Morgan fingerprint density at radius 1 is 0.457 bits per heavy atom. The van der Waals surface area contributed by atoms with Crippen LogP contribution in [0.15, 0.2) is 158 Å². The van der Waals surface area contributed by atoms with Gasteiger partial charge in [-0.15, -0.1) is 0 Å². The van der Waals surface area contributed by atoms with E-state index in [1.54, 1.807) is 0 Å². The van der Waals surface area contributed by atoms with Crippen molar-refractivity contribution in [3.63, 3.8) is 0 Å². The number of benzene rings is 7. The van der Waals surface area contributed by atoms with Crippen molar-refractivity contribution in [1.29, 1.82) is 0 Å². The number of rotatable bonds is 3. The zero-order valence-corrected chi connectivity index (χ0v) is 25.6. The summed E-state index contributed by atoms with van der Waals surface area (Å²) in [6.45, 7) is 0. The molecule has 0 spiro atoms. The number of para-hydroxylation sites is 5. The van der Waals surface area contributed by atoms with Crippen LogP contribution in [-0.4, -0.2) is 13.7 Å². The van der Waals surface area contributed by atoms with Gasteiger partial charge in [-0.3, -0.25) is 13.3 Å². The lowest BCUT2D eigenvalue weighted by atomic mass is 9.99. The highest BCUT2D eigenvalue weighted by Crippen LogP contribution is 2.51. The topological polar surface area (TPSA) is 39.3 Å². The van der Waals surface area contributed by atoms with Crippen molar-refractivity contribution in [1.82, 2.24) is 13.7 Å². The number of fused-ring (bicyclic) bond motifs is 13. The van der Waals surface area contributed by atoms with E-state index in [1.165, 1.54) is 5.39 Å².